The fourth-order valence-electron chi connectivity index (χ4n) is 2.23. The molecule has 0 atom stereocenters. The second kappa shape index (κ2) is 7.29. The summed E-state index contributed by atoms with van der Waals surface area (Å²) < 4.78 is 13.0. The minimum atomic E-state index is -0.344. The lowest BCUT2D eigenvalue weighted by Crippen LogP contribution is -2.13. The van der Waals surface area contributed by atoms with Gasteiger partial charge in [0.1, 0.15) is 11.5 Å². The summed E-state index contributed by atoms with van der Waals surface area (Å²) in [7, 11) is 0. The molecule has 0 fully saturated rings. The molecule has 1 N–H and O–H groups in total. The molecular formula is C20H15FN2OS. The van der Waals surface area contributed by atoms with E-state index in [1.807, 2.05) is 31.4 Å². The Balaban J connectivity index is 1.82. The third-order valence-electron chi connectivity index (χ3n) is 3.54. The zero-order valence-corrected chi connectivity index (χ0v) is 14.6. The third-order valence-corrected chi connectivity index (χ3v) is 4.31. The molecule has 1 aromatic heterocycles. The Morgan fingerprint density at radius 1 is 1.12 bits per heavy atom. The van der Waals surface area contributed by atoms with Crippen LogP contribution in [0.4, 0.5) is 10.1 Å². The van der Waals surface area contributed by atoms with E-state index in [-0.39, 0.29) is 11.7 Å². The number of aromatic nitrogens is 1. The molecule has 0 saturated heterocycles. The molecule has 25 heavy (non-hydrogen) atoms. The number of rotatable bonds is 2. The first kappa shape index (κ1) is 16.9. The highest BCUT2D eigenvalue weighted by atomic mass is 32.1. The lowest BCUT2D eigenvalue weighted by Gasteiger charge is -2.08. The smallest absolute Gasteiger partial charge is 0.255 e. The summed E-state index contributed by atoms with van der Waals surface area (Å²) >= 11 is 1.55. The quantitative estimate of drug-likeness (QED) is 0.689. The van der Waals surface area contributed by atoms with Gasteiger partial charge in [-0.3, -0.25) is 4.79 Å². The van der Waals surface area contributed by atoms with Gasteiger partial charge in [-0.15, -0.1) is 11.3 Å². The van der Waals surface area contributed by atoms with Crippen LogP contribution in [-0.4, -0.2) is 10.9 Å². The molecule has 1 heterocycles. The number of benzene rings is 2. The number of halogens is 1. The van der Waals surface area contributed by atoms with Crippen LogP contribution in [0.25, 0.3) is 0 Å². The number of aryl methyl sites for hydroxylation is 2. The van der Waals surface area contributed by atoms with E-state index in [1.165, 1.54) is 24.3 Å². The largest absolute Gasteiger partial charge is 0.322 e. The standard InChI is InChI=1S/C20H15FN2OS/c1-13-3-4-15(5-8-18-12-25-14(2)22-18)11-19(13)20(24)23-17-9-6-16(21)7-10-17/h3-4,6-7,9-12H,1-2H3,(H,23,24). The molecule has 3 rings (SSSR count). The van der Waals surface area contributed by atoms with Gasteiger partial charge in [-0.2, -0.15) is 0 Å². The van der Waals surface area contributed by atoms with E-state index in [1.54, 1.807) is 17.4 Å². The number of anilines is 1. The Labute approximate surface area is 149 Å². The van der Waals surface area contributed by atoms with Crippen molar-refractivity contribution < 1.29 is 9.18 Å². The number of carbonyl (C=O) groups excluding carboxylic acids is 1. The zero-order valence-electron chi connectivity index (χ0n) is 13.8. The molecule has 3 nitrogen and oxygen atoms in total. The third kappa shape index (κ3) is 4.31. The lowest BCUT2D eigenvalue weighted by molar-refractivity contribution is 0.102. The zero-order chi connectivity index (χ0) is 17.8. The van der Waals surface area contributed by atoms with E-state index in [4.69, 9.17) is 0 Å². The van der Waals surface area contributed by atoms with E-state index in [0.29, 0.717) is 11.3 Å². The minimum Gasteiger partial charge on any atom is -0.322 e. The van der Waals surface area contributed by atoms with Crippen molar-refractivity contribution >= 4 is 22.9 Å². The summed E-state index contributed by atoms with van der Waals surface area (Å²) in [5.41, 5.74) is 3.38. The van der Waals surface area contributed by atoms with Gasteiger partial charge in [-0.25, -0.2) is 9.37 Å². The van der Waals surface area contributed by atoms with Crippen LogP contribution in [0, 0.1) is 31.5 Å². The van der Waals surface area contributed by atoms with Crippen molar-refractivity contribution in [3.8, 4) is 11.8 Å². The second-order valence-corrected chi connectivity index (χ2v) is 6.55. The molecule has 0 aliphatic carbocycles. The molecule has 5 heteroatoms. The molecule has 0 spiro atoms. The maximum Gasteiger partial charge on any atom is 0.255 e. The number of thiazole rings is 1. The lowest BCUT2D eigenvalue weighted by atomic mass is 10.0. The number of carbonyl (C=O) groups is 1. The number of nitrogens with zero attached hydrogens (tertiary/aromatic N) is 1. The summed E-state index contributed by atoms with van der Waals surface area (Å²) in [6.45, 7) is 3.79. The van der Waals surface area contributed by atoms with Crippen molar-refractivity contribution in [2.45, 2.75) is 13.8 Å². The molecule has 0 bridgehead atoms. The minimum absolute atomic E-state index is 0.253. The monoisotopic (exact) mass is 350 g/mol. The summed E-state index contributed by atoms with van der Waals surface area (Å²) in [4.78, 5) is 16.8. The van der Waals surface area contributed by atoms with Gasteiger partial charge in [0.2, 0.25) is 0 Å². The average molecular weight is 350 g/mol. The Kier molecular flexibility index (Phi) is 4.92. The van der Waals surface area contributed by atoms with Gasteiger partial charge < -0.3 is 5.32 Å². The van der Waals surface area contributed by atoms with Crippen molar-refractivity contribution in [3.63, 3.8) is 0 Å². The summed E-state index contributed by atoms with van der Waals surface area (Å²) in [5, 5.41) is 5.63. The highest BCUT2D eigenvalue weighted by Crippen LogP contribution is 2.15. The van der Waals surface area contributed by atoms with Crippen molar-refractivity contribution in [2.75, 3.05) is 5.32 Å². The Morgan fingerprint density at radius 3 is 2.56 bits per heavy atom. The number of nitrogens with one attached hydrogen (secondary N) is 1. The molecule has 0 aliphatic heterocycles. The summed E-state index contributed by atoms with van der Waals surface area (Å²) in [6, 6.07) is 11.1. The number of amides is 1. The first-order chi connectivity index (χ1) is 12.0. The predicted molar refractivity (Wildman–Crippen MR) is 98.4 cm³/mol. The number of hydrogen-bond donors (Lipinski definition) is 1. The van der Waals surface area contributed by atoms with Crippen molar-refractivity contribution in [2.24, 2.45) is 0 Å². The van der Waals surface area contributed by atoms with Gasteiger partial charge >= 0.3 is 0 Å². The van der Waals surface area contributed by atoms with Crippen LogP contribution in [0.15, 0.2) is 47.8 Å². The molecule has 0 radical (unpaired) electrons. The second-order valence-electron chi connectivity index (χ2n) is 5.49. The molecule has 2 aromatic carbocycles. The SMILES string of the molecule is Cc1nc(C#Cc2ccc(C)c(C(=O)Nc3ccc(F)cc3)c2)cs1. The van der Waals surface area contributed by atoms with E-state index < -0.39 is 0 Å². The van der Waals surface area contributed by atoms with E-state index in [2.05, 4.69) is 22.1 Å². The Bertz CT molecular complexity index is 981. The molecule has 3 aromatic rings. The molecule has 0 unspecified atom stereocenters. The Hall–Kier alpha value is -2.97. The maximum absolute atomic E-state index is 13.0. The first-order valence-corrected chi connectivity index (χ1v) is 8.51. The van der Waals surface area contributed by atoms with Gasteiger partial charge in [-0.1, -0.05) is 12.0 Å². The van der Waals surface area contributed by atoms with Crippen LogP contribution in [0.5, 0.6) is 0 Å². The van der Waals surface area contributed by atoms with Crippen LogP contribution in [0.3, 0.4) is 0 Å². The van der Waals surface area contributed by atoms with Crippen LogP contribution < -0.4 is 5.32 Å². The van der Waals surface area contributed by atoms with E-state index in [9.17, 15) is 9.18 Å². The highest BCUT2D eigenvalue weighted by Gasteiger charge is 2.10. The van der Waals surface area contributed by atoms with Crippen LogP contribution in [0.1, 0.15) is 32.2 Å². The predicted octanol–water partition coefficient (Wildman–Crippen LogP) is 4.55. The van der Waals surface area contributed by atoms with Gasteiger partial charge in [0.25, 0.3) is 5.91 Å². The normalized spacial score (nSPS) is 10.0. The molecule has 1 amide bonds. The average Bonchev–Trinajstić information content (AvgIpc) is 3.01. The summed E-state index contributed by atoms with van der Waals surface area (Å²) in [6.07, 6.45) is 0. The van der Waals surface area contributed by atoms with Gasteiger partial charge in [0.05, 0.1) is 5.01 Å². The van der Waals surface area contributed by atoms with E-state index >= 15 is 0 Å². The van der Waals surface area contributed by atoms with Crippen molar-refractivity contribution in [1.82, 2.24) is 4.98 Å². The van der Waals surface area contributed by atoms with Crippen LogP contribution in [-0.2, 0) is 0 Å². The van der Waals surface area contributed by atoms with Crippen LogP contribution in [0.2, 0.25) is 0 Å². The number of hydrogen-bond acceptors (Lipinski definition) is 3. The molecule has 0 saturated carbocycles. The van der Waals surface area contributed by atoms with Gasteiger partial charge in [0.15, 0.2) is 0 Å². The fraction of sp³-hybridized carbons (Fsp3) is 0.100. The maximum atomic E-state index is 13.0. The van der Waals surface area contributed by atoms with Crippen molar-refractivity contribution in [3.05, 3.63) is 81.1 Å². The molecule has 124 valence electrons. The van der Waals surface area contributed by atoms with Gasteiger partial charge in [0, 0.05) is 22.2 Å². The van der Waals surface area contributed by atoms with Crippen LogP contribution >= 0.6 is 11.3 Å². The highest BCUT2D eigenvalue weighted by molar-refractivity contribution is 7.09. The Morgan fingerprint density at radius 2 is 1.88 bits per heavy atom. The topological polar surface area (TPSA) is 42.0 Å². The van der Waals surface area contributed by atoms with Crippen molar-refractivity contribution in [1.29, 1.82) is 0 Å². The molecular weight excluding hydrogens is 335 g/mol. The van der Waals surface area contributed by atoms with Gasteiger partial charge in [-0.05, 0) is 61.7 Å². The summed E-state index contributed by atoms with van der Waals surface area (Å²) in [5.74, 6) is 5.44. The first-order valence-electron chi connectivity index (χ1n) is 7.63. The van der Waals surface area contributed by atoms with E-state index in [0.717, 1.165) is 21.8 Å². The molecule has 0 aliphatic rings. The fourth-order valence-corrected chi connectivity index (χ4v) is 2.78.